The number of thiazole rings is 1. The summed E-state index contributed by atoms with van der Waals surface area (Å²) in [6.07, 6.45) is 0. The number of benzene rings is 3. The van der Waals surface area contributed by atoms with Gasteiger partial charge in [0, 0.05) is 16.6 Å². The van der Waals surface area contributed by atoms with Crippen molar-refractivity contribution in [3.8, 4) is 0 Å². The lowest BCUT2D eigenvalue weighted by Gasteiger charge is -2.10. The van der Waals surface area contributed by atoms with Gasteiger partial charge in [-0.15, -0.1) is 0 Å². The Bertz CT molecular complexity index is 1300. The van der Waals surface area contributed by atoms with E-state index in [4.69, 9.17) is 11.6 Å². The van der Waals surface area contributed by atoms with Gasteiger partial charge in [0.05, 0.1) is 20.9 Å². The highest BCUT2D eigenvalue weighted by molar-refractivity contribution is 9.10. The minimum atomic E-state index is -0.355. The lowest BCUT2D eigenvalue weighted by molar-refractivity contribution is 0.102. The summed E-state index contributed by atoms with van der Waals surface area (Å²) in [7, 11) is 0. The van der Waals surface area contributed by atoms with Crippen molar-refractivity contribution in [3.05, 3.63) is 86.8 Å². The molecule has 0 spiro atoms. The number of carbonyl (C=O) groups excluding carboxylic acids is 2. The van der Waals surface area contributed by atoms with Crippen LogP contribution in [0.15, 0.2) is 65.1 Å². The largest absolute Gasteiger partial charge is 0.334 e. The number of hydrogen-bond acceptors (Lipinski definition) is 4. The number of halogens is 2. The van der Waals surface area contributed by atoms with Gasteiger partial charge in [0.1, 0.15) is 0 Å². The first kappa shape index (κ1) is 22.3. The molecule has 0 saturated heterocycles. The molecule has 4 aromatic rings. The minimum absolute atomic E-state index is 0.266. The molecule has 0 radical (unpaired) electrons. The first-order valence-corrected chi connectivity index (χ1v) is 11.6. The Labute approximate surface area is 202 Å². The number of nitrogens with zero attached hydrogens (tertiary/aromatic N) is 1. The zero-order valence-electron chi connectivity index (χ0n) is 16.9. The fourth-order valence-corrected chi connectivity index (χ4v) is 4.65. The number of amides is 3. The summed E-state index contributed by atoms with van der Waals surface area (Å²) >= 11 is 11.0. The highest BCUT2D eigenvalue weighted by Crippen LogP contribution is 2.29. The average molecular weight is 530 g/mol. The van der Waals surface area contributed by atoms with Crippen LogP contribution in [0.5, 0.6) is 0 Å². The minimum Gasteiger partial charge on any atom is -0.334 e. The maximum absolute atomic E-state index is 12.7. The van der Waals surface area contributed by atoms with Gasteiger partial charge in [0.15, 0.2) is 5.13 Å². The molecule has 6 nitrogen and oxygen atoms in total. The summed E-state index contributed by atoms with van der Waals surface area (Å²) in [6.45, 7) is 2.26. The maximum Gasteiger partial charge on any atom is 0.321 e. The molecule has 3 amide bonds. The Balaban J connectivity index is 1.44. The van der Waals surface area contributed by atoms with E-state index in [0.29, 0.717) is 33.5 Å². The van der Waals surface area contributed by atoms with Crippen LogP contribution < -0.4 is 16.0 Å². The molecule has 0 fully saturated rings. The highest BCUT2D eigenvalue weighted by Gasteiger charge is 2.14. The van der Waals surface area contributed by atoms with Crippen molar-refractivity contribution < 1.29 is 9.59 Å². The van der Waals surface area contributed by atoms with Gasteiger partial charge < -0.3 is 10.6 Å². The standard InChI is InChI=1S/C23H18BrClN4O2S/c1-13-5-4-8-17(25)20(13)28-21(30)14-9-10-18-19(11-14)32-23(27-18)29-22(31)26-12-15-6-2-3-7-16(15)24/h2-11H,12H2,1H3,(H,28,30)(H2,26,27,29,31). The van der Waals surface area contributed by atoms with Gasteiger partial charge >= 0.3 is 6.03 Å². The summed E-state index contributed by atoms with van der Waals surface area (Å²) in [5, 5.41) is 9.36. The van der Waals surface area contributed by atoms with E-state index in [2.05, 4.69) is 36.9 Å². The van der Waals surface area contributed by atoms with E-state index in [1.165, 1.54) is 11.3 Å². The molecular weight excluding hydrogens is 512 g/mol. The summed E-state index contributed by atoms with van der Waals surface area (Å²) in [5.41, 5.74) is 3.61. The van der Waals surface area contributed by atoms with Crippen molar-refractivity contribution in [2.75, 3.05) is 10.6 Å². The number of urea groups is 1. The van der Waals surface area contributed by atoms with E-state index in [9.17, 15) is 9.59 Å². The van der Waals surface area contributed by atoms with Crippen molar-refractivity contribution >= 4 is 71.8 Å². The van der Waals surface area contributed by atoms with Crippen molar-refractivity contribution in [2.24, 2.45) is 0 Å². The monoisotopic (exact) mass is 528 g/mol. The quantitative estimate of drug-likeness (QED) is 0.272. The number of aromatic nitrogens is 1. The molecule has 0 atom stereocenters. The van der Waals surface area contributed by atoms with Crippen LogP contribution in [-0.4, -0.2) is 16.9 Å². The van der Waals surface area contributed by atoms with Gasteiger partial charge in [0.25, 0.3) is 5.91 Å². The molecule has 0 bridgehead atoms. The van der Waals surface area contributed by atoms with Gasteiger partial charge in [-0.3, -0.25) is 10.1 Å². The second-order valence-electron chi connectivity index (χ2n) is 6.99. The van der Waals surface area contributed by atoms with E-state index >= 15 is 0 Å². The van der Waals surface area contributed by atoms with Crippen LogP contribution in [0.1, 0.15) is 21.5 Å². The Morgan fingerprint density at radius 3 is 2.66 bits per heavy atom. The van der Waals surface area contributed by atoms with E-state index in [1.807, 2.05) is 43.3 Å². The molecule has 0 aliphatic heterocycles. The Hall–Kier alpha value is -2.94. The third kappa shape index (κ3) is 5.09. The smallest absolute Gasteiger partial charge is 0.321 e. The molecule has 0 saturated carbocycles. The Kier molecular flexibility index (Phi) is 6.74. The van der Waals surface area contributed by atoms with Crippen LogP contribution in [0.2, 0.25) is 5.02 Å². The predicted octanol–water partition coefficient (Wildman–Crippen LogP) is 6.59. The fourth-order valence-electron chi connectivity index (χ4n) is 3.05. The number of anilines is 2. The number of hydrogen-bond donors (Lipinski definition) is 3. The van der Waals surface area contributed by atoms with Crippen LogP contribution >= 0.6 is 38.9 Å². The first-order chi connectivity index (χ1) is 15.4. The summed E-state index contributed by atoms with van der Waals surface area (Å²) in [6, 6.07) is 18.0. The van der Waals surface area contributed by atoms with Crippen LogP contribution in [-0.2, 0) is 6.54 Å². The number of nitrogens with one attached hydrogen (secondary N) is 3. The molecule has 162 valence electrons. The molecule has 3 N–H and O–H groups in total. The summed E-state index contributed by atoms with van der Waals surface area (Å²) < 4.78 is 1.72. The molecule has 1 aromatic heterocycles. The summed E-state index contributed by atoms with van der Waals surface area (Å²) in [4.78, 5) is 29.4. The van der Waals surface area contributed by atoms with Gasteiger partial charge in [-0.1, -0.05) is 69.2 Å². The lowest BCUT2D eigenvalue weighted by atomic mass is 10.1. The zero-order chi connectivity index (χ0) is 22.7. The number of aryl methyl sites for hydroxylation is 1. The van der Waals surface area contributed by atoms with Crippen LogP contribution in [0, 0.1) is 6.92 Å². The third-order valence-corrected chi connectivity index (χ3v) is 6.75. The van der Waals surface area contributed by atoms with Crippen molar-refractivity contribution in [2.45, 2.75) is 13.5 Å². The van der Waals surface area contributed by atoms with Gasteiger partial charge in [-0.2, -0.15) is 0 Å². The number of para-hydroxylation sites is 1. The Morgan fingerprint density at radius 2 is 1.88 bits per heavy atom. The molecule has 4 rings (SSSR count). The normalized spacial score (nSPS) is 10.7. The van der Waals surface area contributed by atoms with Crippen LogP contribution in [0.3, 0.4) is 0 Å². The fraction of sp³-hybridized carbons (Fsp3) is 0.0870. The Morgan fingerprint density at radius 1 is 1.06 bits per heavy atom. The summed E-state index contributed by atoms with van der Waals surface area (Å²) in [5.74, 6) is -0.266. The SMILES string of the molecule is Cc1cccc(Cl)c1NC(=O)c1ccc2nc(NC(=O)NCc3ccccc3Br)sc2c1. The molecule has 0 unspecified atom stereocenters. The first-order valence-electron chi connectivity index (χ1n) is 9.66. The molecular formula is C23H18BrClN4O2S. The molecule has 0 aliphatic rings. The van der Waals surface area contributed by atoms with Crippen LogP contribution in [0.4, 0.5) is 15.6 Å². The molecule has 0 aliphatic carbocycles. The van der Waals surface area contributed by atoms with E-state index in [0.717, 1.165) is 20.3 Å². The van der Waals surface area contributed by atoms with Crippen molar-refractivity contribution in [1.29, 1.82) is 0 Å². The maximum atomic E-state index is 12.7. The van der Waals surface area contributed by atoms with Gasteiger partial charge in [0.2, 0.25) is 0 Å². The number of rotatable bonds is 5. The van der Waals surface area contributed by atoms with Crippen molar-refractivity contribution in [1.82, 2.24) is 10.3 Å². The highest BCUT2D eigenvalue weighted by atomic mass is 79.9. The van der Waals surface area contributed by atoms with Gasteiger partial charge in [-0.05, 0) is 48.4 Å². The molecule has 3 aromatic carbocycles. The third-order valence-electron chi connectivity index (χ3n) is 4.73. The molecule has 1 heterocycles. The molecule has 32 heavy (non-hydrogen) atoms. The number of carbonyl (C=O) groups is 2. The van der Waals surface area contributed by atoms with E-state index in [1.54, 1.807) is 24.3 Å². The zero-order valence-corrected chi connectivity index (χ0v) is 20.1. The lowest BCUT2D eigenvalue weighted by Crippen LogP contribution is -2.28. The number of fused-ring (bicyclic) bond motifs is 1. The van der Waals surface area contributed by atoms with Gasteiger partial charge in [-0.25, -0.2) is 9.78 Å². The average Bonchev–Trinajstić information content (AvgIpc) is 3.17. The van der Waals surface area contributed by atoms with E-state index in [-0.39, 0.29) is 11.9 Å². The second-order valence-corrected chi connectivity index (χ2v) is 9.28. The topological polar surface area (TPSA) is 83.1 Å². The van der Waals surface area contributed by atoms with E-state index < -0.39 is 0 Å². The van der Waals surface area contributed by atoms with Crippen LogP contribution in [0.25, 0.3) is 10.2 Å². The predicted molar refractivity (Wildman–Crippen MR) is 134 cm³/mol. The van der Waals surface area contributed by atoms with Crippen molar-refractivity contribution in [3.63, 3.8) is 0 Å². The molecule has 9 heteroatoms. The second kappa shape index (κ2) is 9.68.